The lowest BCUT2D eigenvalue weighted by Gasteiger charge is -2.37. The third kappa shape index (κ3) is 3.70. The van der Waals surface area contributed by atoms with Gasteiger partial charge < -0.3 is 9.80 Å². The van der Waals surface area contributed by atoms with Gasteiger partial charge in [0.25, 0.3) is 5.91 Å². The lowest BCUT2D eigenvalue weighted by Crippen LogP contribution is -2.46. The van der Waals surface area contributed by atoms with Crippen molar-refractivity contribution < 1.29 is 4.79 Å². The van der Waals surface area contributed by atoms with Crippen molar-refractivity contribution in [2.75, 3.05) is 26.2 Å². The van der Waals surface area contributed by atoms with Crippen LogP contribution in [0.1, 0.15) is 37.0 Å². The highest BCUT2D eigenvalue weighted by molar-refractivity contribution is 14.1. The standard InChI is InChI=1S/C14H21IN2OS/c1-3-16(4-2)12-5-7-17(8-6-12)14(18)11-9-13(15)19-10-11/h9-10,12H,3-8H2,1-2H3. The Labute approximate surface area is 133 Å². The first-order chi connectivity index (χ1) is 9.15. The van der Waals surface area contributed by atoms with E-state index in [1.54, 1.807) is 11.3 Å². The van der Waals surface area contributed by atoms with Crippen LogP contribution in [0, 0.1) is 2.88 Å². The summed E-state index contributed by atoms with van der Waals surface area (Å²) in [7, 11) is 0. The number of likely N-dealkylation sites (tertiary alicyclic amines) is 1. The van der Waals surface area contributed by atoms with Crippen molar-refractivity contribution in [3.63, 3.8) is 0 Å². The Hall–Kier alpha value is -0.140. The molecule has 0 bridgehead atoms. The summed E-state index contributed by atoms with van der Waals surface area (Å²) in [6.45, 7) is 8.44. The van der Waals surface area contributed by atoms with Gasteiger partial charge in [-0.2, -0.15) is 0 Å². The smallest absolute Gasteiger partial charge is 0.254 e. The van der Waals surface area contributed by atoms with Crippen molar-refractivity contribution in [1.82, 2.24) is 9.80 Å². The highest BCUT2D eigenvalue weighted by Gasteiger charge is 2.26. The van der Waals surface area contributed by atoms with E-state index in [1.807, 2.05) is 16.3 Å². The normalized spacial score (nSPS) is 17.2. The van der Waals surface area contributed by atoms with Crippen molar-refractivity contribution >= 4 is 39.8 Å². The fourth-order valence-electron chi connectivity index (χ4n) is 2.78. The van der Waals surface area contributed by atoms with Crippen LogP contribution >= 0.6 is 33.9 Å². The molecular weight excluding hydrogens is 371 g/mol. The molecule has 1 amide bonds. The van der Waals surface area contributed by atoms with Gasteiger partial charge in [-0.25, -0.2) is 0 Å². The average molecular weight is 392 g/mol. The molecule has 0 saturated carbocycles. The SMILES string of the molecule is CCN(CC)C1CCN(C(=O)c2csc(I)c2)CC1. The number of hydrogen-bond acceptors (Lipinski definition) is 3. The van der Waals surface area contributed by atoms with Crippen LogP contribution < -0.4 is 0 Å². The molecule has 0 atom stereocenters. The summed E-state index contributed by atoms with van der Waals surface area (Å²) in [5.74, 6) is 0.206. The monoisotopic (exact) mass is 392 g/mol. The number of carbonyl (C=O) groups excluding carboxylic acids is 1. The Kier molecular flexibility index (Phi) is 5.65. The van der Waals surface area contributed by atoms with Crippen LogP contribution in [0.5, 0.6) is 0 Å². The van der Waals surface area contributed by atoms with Gasteiger partial charge in [-0.05, 0) is 54.6 Å². The molecule has 2 heterocycles. The molecule has 0 spiro atoms. The second kappa shape index (κ2) is 7.04. The van der Waals surface area contributed by atoms with Crippen molar-refractivity contribution in [2.24, 2.45) is 0 Å². The number of piperidine rings is 1. The van der Waals surface area contributed by atoms with Crippen molar-refractivity contribution in [3.8, 4) is 0 Å². The van der Waals surface area contributed by atoms with Gasteiger partial charge in [0.15, 0.2) is 0 Å². The summed E-state index contributed by atoms with van der Waals surface area (Å²) in [4.78, 5) is 16.9. The first kappa shape index (κ1) is 15.3. The minimum Gasteiger partial charge on any atom is -0.339 e. The molecule has 0 unspecified atom stereocenters. The zero-order valence-electron chi connectivity index (χ0n) is 11.6. The molecule has 1 aromatic heterocycles. The fourth-order valence-corrected chi connectivity index (χ4v) is 4.10. The quantitative estimate of drug-likeness (QED) is 0.735. The molecule has 19 heavy (non-hydrogen) atoms. The Morgan fingerprint density at radius 1 is 1.42 bits per heavy atom. The van der Waals surface area contributed by atoms with E-state index >= 15 is 0 Å². The van der Waals surface area contributed by atoms with E-state index in [-0.39, 0.29) is 5.91 Å². The molecule has 2 rings (SSSR count). The van der Waals surface area contributed by atoms with E-state index < -0.39 is 0 Å². The second-order valence-electron chi connectivity index (χ2n) is 4.88. The van der Waals surface area contributed by atoms with E-state index in [2.05, 4.69) is 41.3 Å². The van der Waals surface area contributed by atoms with Crippen molar-refractivity contribution in [1.29, 1.82) is 0 Å². The predicted molar refractivity (Wildman–Crippen MR) is 88.9 cm³/mol. The lowest BCUT2D eigenvalue weighted by molar-refractivity contribution is 0.0632. The summed E-state index contributed by atoms with van der Waals surface area (Å²) < 4.78 is 1.18. The number of nitrogens with zero attached hydrogens (tertiary/aromatic N) is 2. The Balaban J connectivity index is 1.91. The topological polar surface area (TPSA) is 23.6 Å². The van der Waals surface area contributed by atoms with E-state index in [4.69, 9.17) is 0 Å². The van der Waals surface area contributed by atoms with Crippen molar-refractivity contribution in [3.05, 3.63) is 19.9 Å². The third-order valence-electron chi connectivity index (χ3n) is 3.89. The second-order valence-corrected chi connectivity index (χ2v) is 7.69. The van der Waals surface area contributed by atoms with Gasteiger partial charge in [0, 0.05) is 24.5 Å². The van der Waals surface area contributed by atoms with E-state index in [9.17, 15) is 4.79 Å². The van der Waals surface area contributed by atoms with Gasteiger partial charge in [-0.3, -0.25) is 4.79 Å². The van der Waals surface area contributed by atoms with E-state index in [1.165, 1.54) is 2.88 Å². The molecule has 1 saturated heterocycles. The largest absolute Gasteiger partial charge is 0.339 e. The Bertz CT molecular complexity index is 423. The Morgan fingerprint density at radius 3 is 2.53 bits per heavy atom. The number of carbonyl (C=O) groups is 1. The summed E-state index contributed by atoms with van der Waals surface area (Å²) in [5, 5.41) is 1.97. The summed E-state index contributed by atoms with van der Waals surface area (Å²) in [6.07, 6.45) is 2.21. The molecule has 1 aliphatic heterocycles. The van der Waals surface area contributed by atoms with Crippen LogP contribution in [0.15, 0.2) is 11.4 Å². The summed E-state index contributed by atoms with van der Waals surface area (Å²) in [5.41, 5.74) is 0.857. The molecular formula is C14H21IN2OS. The number of amides is 1. The van der Waals surface area contributed by atoms with Gasteiger partial charge in [0.1, 0.15) is 0 Å². The average Bonchev–Trinajstić information content (AvgIpc) is 2.87. The molecule has 0 N–H and O–H groups in total. The molecule has 0 aliphatic carbocycles. The first-order valence-corrected chi connectivity index (χ1v) is 8.88. The van der Waals surface area contributed by atoms with Gasteiger partial charge in [-0.1, -0.05) is 13.8 Å². The highest BCUT2D eigenvalue weighted by Crippen LogP contribution is 2.21. The number of rotatable bonds is 4. The Morgan fingerprint density at radius 2 is 2.05 bits per heavy atom. The van der Waals surface area contributed by atoms with E-state index in [0.29, 0.717) is 6.04 Å². The zero-order chi connectivity index (χ0) is 13.8. The van der Waals surface area contributed by atoms with Crippen LogP contribution in [0.2, 0.25) is 0 Å². The predicted octanol–water partition coefficient (Wildman–Crippen LogP) is 3.30. The molecule has 1 fully saturated rings. The zero-order valence-corrected chi connectivity index (χ0v) is 14.5. The number of thiophene rings is 1. The maximum atomic E-state index is 12.3. The van der Waals surface area contributed by atoms with Gasteiger partial charge >= 0.3 is 0 Å². The highest BCUT2D eigenvalue weighted by atomic mass is 127. The van der Waals surface area contributed by atoms with Gasteiger partial charge in [0.2, 0.25) is 0 Å². The minimum absolute atomic E-state index is 0.206. The van der Waals surface area contributed by atoms with Crippen LogP contribution in [0.25, 0.3) is 0 Å². The third-order valence-corrected chi connectivity index (χ3v) is 5.68. The molecule has 1 aromatic rings. The van der Waals surface area contributed by atoms with Crippen LogP contribution in [-0.4, -0.2) is 47.9 Å². The summed E-state index contributed by atoms with van der Waals surface area (Å²) in [6, 6.07) is 2.64. The molecule has 106 valence electrons. The number of halogens is 1. The minimum atomic E-state index is 0.206. The van der Waals surface area contributed by atoms with Crippen molar-refractivity contribution in [2.45, 2.75) is 32.7 Å². The summed E-state index contributed by atoms with van der Waals surface area (Å²) >= 11 is 3.91. The molecule has 0 radical (unpaired) electrons. The van der Waals surface area contributed by atoms with Crippen LogP contribution in [0.4, 0.5) is 0 Å². The van der Waals surface area contributed by atoms with E-state index in [0.717, 1.165) is 44.6 Å². The molecule has 5 heteroatoms. The van der Waals surface area contributed by atoms with Crippen LogP contribution in [0.3, 0.4) is 0 Å². The molecule has 1 aliphatic rings. The number of hydrogen-bond donors (Lipinski definition) is 0. The lowest BCUT2D eigenvalue weighted by atomic mass is 10.0. The fraction of sp³-hybridized carbons (Fsp3) is 0.643. The molecule has 3 nitrogen and oxygen atoms in total. The molecule has 0 aromatic carbocycles. The maximum Gasteiger partial charge on any atom is 0.254 e. The first-order valence-electron chi connectivity index (χ1n) is 6.93. The maximum absolute atomic E-state index is 12.3. The van der Waals surface area contributed by atoms with Gasteiger partial charge in [0.05, 0.1) is 8.45 Å². The van der Waals surface area contributed by atoms with Crippen LogP contribution in [-0.2, 0) is 0 Å². The van der Waals surface area contributed by atoms with Gasteiger partial charge in [-0.15, -0.1) is 11.3 Å².